The normalized spacial score (nSPS) is 21.0. The van der Waals surface area contributed by atoms with Crippen LogP contribution in [0.3, 0.4) is 0 Å². The third-order valence-corrected chi connectivity index (χ3v) is 2.29. The summed E-state index contributed by atoms with van der Waals surface area (Å²) in [5, 5.41) is 0. The maximum absolute atomic E-state index is 3.55. The van der Waals surface area contributed by atoms with E-state index in [1.54, 1.807) is 6.08 Å². The Kier molecular flexibility index (Phi) is 16.1. The molecule has 0 heterocycles. The van der Waals surface area contributed by atoms with Gasteiger partial charge >= 0.3 is 0 Å². The Morgan fingerprint density at radius 1 is 1.00 bits per heavy atom. The molecular weight excluding hydrogens is 216 g/mol. The smallest absolute Gasteiger partial charge is 0.00445 e. The van der Waals surface area contributed by atoms with Crippen LogP contribution in [0.25, 0.3) is 0 Å². The molecule has 0 radical (unpaired) electrons. The van der Waals surface area contributed by atoms with Gasteiger partial charge in [-0.25, -0.2) is 0 Å². The first kappa shape index (κ1) is 18.8. The van der Waals surface area contributed by atoms with Crippen molar-refractivity contribution in [3.8, 4) is 0 Å². The highest BCUT2D eigenvalue weighted by atomic mass is 14.2. The molecule has 0 aromatic carbocycles. The maximum Gasteiger partial charge on any atom is -0.00445 e. The molecule has 0 heteroatoms. The molecule has 0 amide bonds. The Labute approximate surface area is 114 Å². The SMILES string of the molecule is C1=CC2C=CC1C2.C=C.C=CC.C=CCC=CC. The van der Waals surface area contributed by atoms with E-state index in [-0.39, 0.29) is 0 Å². The van der Waals surface area contributed by atoms with Gasteiger partial charge in [-0.15, -0.1) is 26.3 Å². The minimum Gasteiger partial charge on any atom is -0.106 e. The van der Waals surface area contributed by atoms with Crippen molar-refractivity contribution in [3.05, 3.63) is 74.9 Å². The van der Waals surface area contributed by atoms with E-state index in [0.29, 0.717) is 0 Å². The van der Waals surface area contributed by atoms with Crippen molar-refractivity contribution in [3.63, 3.8) is 0 Å². The lowest BCUT2D eigenvalue weighted by Gasteiger charge is -1.88. The molecule has 18 heavy (non-hydrogen) atoms. The van der Waals surface area contributed by atoms with E-state index in [1.807, 2.05) is 26.0 Å². The Morgan fingerprint density at radius 3 is 1.50 bits per heavy atom. The molecule has 0 saturated carbocycles. The summed E-state index contributed by atoms with van der Waals surface area (Å²) in [6.45, 7) is 16.8. The zero-order valence-corrected chi connectivity index (χ0v) is 12.0. The van der Waals surface area contributed by atoms with Gasteiger partial charge in [-0.1, -0.05) is 48.6 Å². The zero-order chi connectivity index (χ0) is 14.2. The molecule has 0 aliphatic heterocycles. The van der Waals surface area contributed by atoms with Crippen molar-refractivity contribution >= 4 is 0 Å². The zero-order valence-electron chi connectivity index (χ0n) is 12.0. The number of hydrogen-bond donors (Lipinski definition) is 0. The average Bonchev–Trinajstić information content (AvgIpc) is 3.05. The molecule has 0 aromatic heterocycles. The van der Waals surface area contributed by atoms with Crippen LogP contribution in [0.5, 0.6) is 0 Å². The monoisotopic (exact) mass is 244 g/mol. The minimum absolute atomic E-state index is 0.810. The van der Waals surface area contributed by atoms with Gasteiger partial charge in [0.15, 0.2) is 0 Å². The number of rotatable bonds is 2. The molecule has 0 atom stereocenters. The fourth-order valence-corrected chi connectivity index (χ4v) is 1.56. The lowest BCUT2D eigenvalue weighted by molar-refractivity contribution is 0.732. The van der Waals surface area contributed by atoms with Crippen LogP contribution in [0.2, 0.25) is 0 Å². The Morgan fingerprint density at radius 2 is 1.39 bits per heavy atom. The molecule has 0 saturated heterocycles. The third-order valence-electron chi connectivity index (χ3n) is 2.29. The van der Waals surface area contributed by atoms with Crippen molar-refractivity contribution in [2.75, 3.05) is 0 Å². The molecule has 2 rings (SSSR count). The Bertz CT molecular complexity index is 250. The van der Waals surface area contributed by atoms with Gasteiger partial charge < -0.3 is 0 Å². The summed E-state index contributed by atoms with van der Waals surface area (Å²) in [4.78, 5) is 0. The van der Waals surface area contributed by atoms with Crippen LogP contribution in [-0.4, -0.2) is 0 Å². The van der Waals surface area contributed by atoms with Crippen molar-refractivity contribution in [1.82, 2.24) is 0 Å². The molecule has 0 nitrogen and oxygen atoms in total. The summed E-state index contributed by atoms with van der Waals surface area (Å²) in [7, 11) is 0. The van der Waals surface area contributed by atoms with Crippen LogP contribution < -0.4 is 0 Å². The van der Waals surface area contributed by atoms with Gasteiger partial charge in [-0.3, -0.25) is 0 Å². The molecular formula is C18H28. The second kappa shape index (κ2) is 15.4. The predicted octanol–water partition coefficient (Wildman–Crippen LogP) is 5.88. The number of hydrogen-bond acceptors (Lipinski definition) is 0. The average molecular weight is 244 g/mol. The van der Waals surface area contributed by atoms with Gasteiger partial charge in [-0.05, 0) is 38.5 Å². The third kappa shape index (κ3) is 10.9. The highest BCUT2D eigenvalue weighted by Crippen LogP contribution is 2.31. The van der Waals surface area contributed by atoms with E-state index in [9.17, 15) is 0 Å². The lowest BCUT2D eigenvalue weighted by Crippen LogP contribution is -1.79. The lowest BCUT2D eigenvalue weighted by atomic mass is 10.2. The number of fused-ring (bicyclic) bond motifs is 2. The van der Waals surface area contributed by atoms with Gasteiger partial charge in [0.2, 0.25) is 0 Å². The summed E-state index contributed by atoms with van der Waals surface area (Å²) >= 11 is 0. The van der Waals surface area contributed by atoms with Crippen molar-refractivity contribution in [2.45, 2.75) is 26.7 Å². The first-order valence-corrected chi connectivity index (χ1v) is 6.44. The summed E-state index contributed by atoms with van der Waals surface area (Å²) < 4.78 is 0. The van der Waals surface area contributed by atoms with E-state index >= 15 is 0 Å². The van der Waals surface area contributed by atoms with E-state index < -0.39 is 0 Å². The Balaban J connectivity index is 0. The maximum atomic E-state index is 3.55. The Hall–Kier alpha value is -1.56. The largest absolute Gasteiger partial charge is 0.106 e. The quantitative estimate of drug-likeness (QED) is 0.532. The molecule has 100 valence electrons. The van der Waals surface area contributed by atoms with Gasteiger partial charge in [0.05, 0.1) is 0 Å². The highest BCUT2D eigenvalue weighted by molar-refractivity contribution is 5.21. The van der Waals surface area contributed by atoms with Crippen LogP contribution in [0.4, 0.5) is 0 Å². The van der Waals surface area contributed by atoms with E-state index in [4.69, 9.17) is 0 Å². The van der Waals surface area contributed by atoms with Crippen LogP contribution in [0.1, 0.15) is 26.7 Å². The molecule has 0 aromatic rings. The molecule has 0 spiro atoms. The summed E-state index contributed by atoms with van der Waals surface area (Å²) in [6, 6.07) is 0. The molecule has 2 aliphatic carbocycles. The minimum atomic E-state index is 0.810. The fraction of sp³-hybridized carbons (Fsp3) is 0.333. The van der Waals surface area contributed by atoms with Gasteiger partial charge in [0, 0.05) is 0 Å². The van der Waals surface area contributed by atoms with Crippen LogP contribution in [0, 0.1) is 11.8 Å². The van der Waals surface area contributed by atoms with Crippen LogP contribution >= 0.6 is 0 Å². The first-order chi connectivity index (χ1) is 8.78. The first-order valence-electron chi connectivity index (χ1n) is 6.44. The van der Waals surface area contributed by atoms with E-state index in [1.165, 1.54) is 6.42 Å². The predicted molar refractivity (Wildman–Crippen MR) is 86.6 cm³/mol. The van der Waals surface area contributed by atoms with Gasteiger partial charge in [-0.2, -0.15) is 0 Å². The van der Waals surface area contributed by atoms with Crippen molar-refractivity contribution < 1.29 is 0 Å². The van der Waals surface area contributed by atoms with Crippen molar-refractivity contribution in [1.29, 1.82) is 0 Å². The number of allylic oxidation sites excluding steroid dienone is 8. The highest BCUT2D eigenvalue weighted by Gasteiger charge is 2.19. The van der Waals surface area contributed by atoms with Crippen LogP contribution in [-0.2, 0) is 0 Å². The molecule has 2 aliphatic rings. The fourth-order valence-electron chi connectivity index (χ4n) is 1.56. The second-order valence-electron chi connectivity index (χ2n) is 3.83. The molecule has 2 bridgehead atoms. The topological polar surface area (TPSA) is 0 Å². The molecule has 0 N–H and O–H groups in total. The summed E-state index contributed by atoms with van der Waals surface area (Å²) in [6.07, 6.45) is 19.2. The van der Waals surface area contributed by atoms with Gasteiger partial charge in [0.25, 0.3) is 0 Å². The van der Waals surface area contributed by atoms with Crippen LogP contribution in [0.15, 0.2) is 74.9 Å². The second-order valence-corrected chi connectivity index (χ2v) is 3.83. The molecule has 0 unspecified atom stereocenters. The summed E-state index contributed by atoms with van der Waals surface area (Å²) in [5.74, 6) is 1.62. The van der Waals surface area contributed by atoms with Gasteiger partial charge in [0.1, 0.15) is 0 Å². The van der Waals surface area contributed by atoms with E-state index in [2.05, 4.69) is 56.7 Å². The van der Waals surface area contributed by atoms with Crippen molar-refractivity contribution in [2.24, 2.45) is 11.8 Å². The summed E-state index contributed by atoms with van der Waals surface area (Å²) in [5.41, 5.74) is 0. The molecule has 0 fully saturated rings. The van der Waals surface area contributed by atoms with E-state index in [0.717, 1.165) is 18.3 Å². The standard InChI is InChI=1S/C7H8.C6H10.C3H6.C2H4/c1-2-7-4-3-6(1)5-7;1-3-5-6-4-2;1-3-2;1-2/h1-4,6-7H,5H2;3-4,6H,1,5H2,2H3;3H,1H2,2H3;1-2H2.